The van der Waals surface area contributed by atoms with E-state index in [-0.39, 0.29) is 16.6 Å². The van der Waals surface area contributed by atoms with Crippen LogP contribution >= 0.6 is 0 Å². The monoisotopic (exact) mass is 389 g/mol. The maximum atomic E-state index is 11.7. The van der Waals surface area contributed by atoms with Crippen molar-refractivity contribution in [2.75, 3.05) is 31.2 Å². The van der Waals surface area contributed by atoms with E-state index in [1.54, 1.807) is 0 Å². The Morgan fingerprint density at radius 1 is 1.15 bits per heavy atom. The quantitative estimate of drug-likeness (QED) is 0.577. The fourth-order valence-corrected chi connectivity index (χ4v) is 4.08. The van der Waals surface area contributed by atoms with Gasteiger partial charge in [-0.25, -0.2) is 8.42 Å². The van der Waals surface area contributed by atoms with Crippen molar-refractivity contribution in [2.24, 2.45) is 0 Å². The summed E-state index contributed by atoms with van der Waals surface area (Å²) in [6, 6.07) is 14.2. The Kier molecular flexibility index (Phi) is 5.76. The number of benzene rings is 2. The highest BCUT2D eigenvalue weighted by Crippen LogP contribution is 2.30. The zero-order valence-electron chi connectivity index (χ0n) is 15.2. The van der Waals surface area contributed by atoms with Crippen LogP contribution in [0.25, 0.3) is 0 Å². The van der Waals surface area contributed by atoms with Gasteiger partial charge in [0.2, 0.25) is 0 Å². The molecule has 1 fully saturated rings. The molecule has 1 saturated heterocycles. The fraction of sp³-hybridized carbons (Fsp3) is 0.368. The fourth-order valence-electron chi connectivity index (χ4n) is 3.44. The predicted octanol–water partition coefficient (Wildman–Crippen LogP) is 3.25. The molecule has 0 saturated carbocycles. The molecule has 0 amide bonds. The molecule has 1 atom stereocenters. The van der Waals surface area contributed by atoms with Gasteiger partial charge in [-0.15, -0.1) is 0 Å². The first-order chi connectivity index (χ1) is 12.9. The highest BCUT2D eigenvalue weighted by molar-refractivity contribution is 7.90. The molecule has 1 aliphatic heterocycles. The number of sulfone groups is 1. The summed E-state index contributed by atoms with van der Waals surface area (Å²) in [5.74, 6) is 0. The molecule has 3 rings (SSSR count). The van der Waals surface area contributed by atoms with Gasteiger partial charge in [-0.05, 0) is 43.6 Å². The third-order valence-electron chi connectivity index (χ3n) is 4.85. The van der Waals surface area contributed by atoms with Gasteiger partial charge in [-0.3, -0.25) is 15.0 Å². The van der Waals surface area contributed by atoms with E-state index in [4.69, 9.17) is 0 Å². The van der Waals surface area contributed by atoms with Crippen molar-refractivity contribution in [1.82, 2.24) is 4.90 Å². The van der Waals surface area contributed by atoms with Gasteiger partial charge < -0.3 is 5.32 Å². The Morgan fingerprint density at radius 3 is 2.41 bits per heavy atom. The van der Waals surface area contributed by atoms with Crippen LogP contribution in [0.5, 0.6) is 0 Å². The number of nitrogens with one attached hydrogen (secondary N) is 1. The van der Waals surface area contributed by atoms with Gasteiger partial charge in [0, 0.05) is 18.9 Å². The largest absolute Gasteiger partial charge is 0.378 e. The van der Waals surface area contributed by atoms with Gasteiger partial charge >= 0.3 is 0 Å². The Morgan fingerprint density at radius 2 is 1.81 bits per heavy atom. The zero-order chi connectivity index (χ0) is 19.4. The third kappa shape index (κ3) is 4.64. The van der Waals surface area contributed by atoms with Crippen molar-refractivity contribution in [3.8, 4) is 0 Å². The number of rotatable bonds is 7. The van der Waals surface area contributed by atoms with Crippen LogP contribution in [0.1, 0.15) is 24.4 Å². The number of nitro groups is 1. The molecule has 7 nitrogen and oxygen atoms in total. The molecular weight excluding hydrogens is 366 g/mol. The van der Waals surface area contributed by atoms with Gasteiger partial charge in [-0.1, -0.05) is 30.3 Å². The predicted molar refractivity (Wildman–Crippen MR) is 105 cm³/mol. The van der Waals surface area contributed by atoms with Crippen LogP contribution in [0, 0.1) is 10.1 Å². The minimum atomic E-state index is -3.50. The van der Waals surface area contributed by atoms with Crippen LogP contribution < -0.4 is 5.32 Å². The lowest BCUT2D eigenvalue weighted by Crippen LogP contribution is -2.31. The summed E-state index contributed by atoms with van der Waals surface area (Å²) in [5.41, 5.74) is 1.25. The smallest absolute Gasteiger partial charge is 0.293 e. The molecule has 0 aromatic heterocycles. The van der Waals surface area contributed by atoms with E-state index in [0.29, 0.717) is 12.2 Å². The Balaban J connectivity index is 1.85. The molecule has 2 aromatic rings. The number of hydrogen-bond donors (Lipinski definition) is 1. The minimum absolute atomic E-state index is 0.0566. The number of hydrogen-bond acceptors (Lipinski definition) is 6. The molecule has 8 heteroatoms. The lowest BCUT2D eigenvalue weighted by molar-refractivity contribution is -0.384. The molecule has 1 heterocycles. The molecular formula is C19H23N3O4S. The average molecular weight is 389 g/mol. The first-order valence-corrected chi connectivity index (χ1v) is 10.8. The Bertz CT molecular complexity index is 910. The van der Waals surface area contributed by atoms with Gasteiger partial charge in [0.1, 0.15) is 5.69 Å². The highest BCUT2D eigenvalue weighted by Gasteiger charge is 2.25. The van der Waals surface area contributed by atoms with Crippen molar-refractivity contribution < 1.29 is 13.3 Å². The molecule has 2 aromatic carbocycles. The van der Waals surface area contributed by atoms with Crippen molar-refractivity contribution in [3.63, 3.8) is 0 Å². The lowest BCUT2D eigenvalue weighted by atomic mass is 10.1. The topological polar surface area (TPSA) is 92.6 Å². The van der Waals surface area contributed by atoms with Crippen LogP contribution in [0.4, 0.5) is 11.4 Å². The Labute approximate surface area is 159 Å². The van der Waals surface area contributed by atoms with E-state index in [1.807, 2.05) is 18.2 Å². The van der Waals surface area contributed by atoms with E-state index >= 15 is 0 Å². The molecule has 1 N–H and O–H groups in total. The molecule has 0 spiro atoms. The van der Waals surface area contributed by atoms with Crippen LogP contribution in [0.2, 0.25) is 0 Å². The summed E-state index contributed by atoms with van der Waals surface area (Å²) >= 11 is 0. The second-order valence-corrected chi connectivity index (χ2v) is 8.77. The molecule has 27 heavy (non-hydrogen) atoms. The summed E-state index contributed by atoms with van der Waals surface area (Å²) in [7, 11) is -3.50. The van der Waals surface area contributed by atoms with Crippen LogP contribution in [-0.2, 0) is 9.84 Å². The number of nitrogens with zero attached hydrogens (tertiary/aromatic N) is 2. The average Bonchev–Trinajstić information content (AvgIpc) is 3.16. The zero-order valence-corrected chi connectivity index (χ0v) is 16.0. The van der Waals surface area contributed by atoms with Crippen molar-refractivity contribution >= 4 is 21.2 Å². The van der Waals surface area contributed by atoms with E-state index in [9.17, 15) is 18.5 Å². The maximum absolute atomic E-state index is 11.7. The van der Waals surface area contributed by atoms with Crippen molar-refractivity contribution in [1.29, 1.82) is 0 Å². The SMILES string of the molecule is CS(=O)(=O)c1ccc(NC[C@@H](c2ccccc2)N2CCCC2)c([N+](=O)[O-])c1. The maximum Gasteiger partial charge on any atom is 0.293 e. The number of nitro benzene ring substituents is 1. The molecule has 0 radical (unpaired) electrons. The van der Waals surface area contributed by atoms with E-state index in [1.165, 1.54) is 12.1 Å². The normalized spacial score (nSPS) is 16.2. The number of likely N-dealkylation sites (tertiary alicyclic amines) is 1. The Hall–Kier alpha value is -2.45. The molecule has 144 valence electrons. The van der Waals surface area contributed by atoms with Gasteiger partial charge in [-0.2, -0.15) is 0 Å². The van der Waals surface area contributed by atoms with Gasteiger partial charge in [0.05, 0.1) is 15.9 Å². The van der Waals surface area contributed by atoms with E-state index < -0.39 is 14.8 Å². The van der Waals surface area contributed by atoms with Crippen molar-refractivity contribution in [2.45, 2.75) is 23.8 Å². The van der Waals surface area contributed by atoms with Crippen LogP contribution in [0.3, 0.4) is 0 Å². The van der Waals surface area contributed by atoms with Crippen LogP contribution in [-0.4, -0.2) is 44.1 Å². The minimum Gasteiger partial charge on any atom is -0.378 e. The first-order valence-electron chi connectivity index (χ1n) is 8.87. The second kappa shape index (κ2) is 8.06. The summed E-state index contributed by atoms with van der Waals surface area (Å²) < 4.78 is 23.4. The lowest BCUT2D eigenvalue weighted by Gasteiger charge is -2.28. The summed E-state index contributed by atoms with van der Waals surface area (Å²) in [4.78, 5) is 13.2. The van der Waals surface area contributed by atoms with Gasteiger partial charge in [0.15, 0.2) is 9.84 Å². The molecule has 0 unspecified atom stereocenters. The molecule has 0 bridgehead atoms. The summed E-state index contributed by atoms with van der Waals surface area (Å²) in [6.07, 6.45) is 3.33. The van der Waals surface area contributed by atoms with E-state index in [2.05, 4.69) is 22.3 Å². The van der Waals surface area contributed by atoms with E-state index in [0.717, 1.165) is 43.8 Å². The van der Waals surface area contributed by atoms with Gasteiger partial charge in [0.25, 0.3) is 5.69 Å². The summed E-state index contributed by atoms with van der Waals surface area (Å²) in [5, 5.41) is 14.6. The molecule has 1 aliphatic rings. The van der Waals surface area contributed by atoms with Crippen LogP contribution in [0.15, 0.2) is 53.4 Å². The third-order valence-corrected chi connectivity index (χ3v) is 5.96. The standard InChI is InChI=1S/C19H23N3O4S/c1-27(25,26)16-9-10-17(18(13-16)22(23)24)20-14-19(21-11-5-6-12-21)15-7-3-2-4-8-15/h2-4,7-10,13,19-20H,5-6,11-12,14H2,1H3/t19-/m0/s1. The second-order valence-electron chi connectivity index (χ2n) is 6.76. The molecule has 0 aliphatic carbocycles. The first kappa shape index (κ1) is 19.3. The number of anilines is 1. The summed E-state index contributed by atoms with van der Waals surface area (Å²) in [6.45, 7) is 2.50. The van der Waals surface area contributed by atoms with Crippen molar-refractivity contribution in [3.05, 3.63) is 64.2 Å². The highest BCUT2D eigenvalue weighted by atomic mass is 32.2.